The minimum atomic E-state index is -0.0647. The van der Waals surface area contributed by atoms with E-state index in [-0.39, 0.29) is 12.4 Å². The number of ketones is 1. The third kappa shape index (κ3) is 2.49. The van der Waals surface area contributed by atoms with Crippen molar-refractivity contribution in [2.75, 3.05) is 13.1 Å². The van der Waals surface area contributed by atoms with Crippen LogP contribution in [0.15, 0.2) is 24.3 Å². The molecule has 3 heteroatoms. The lowest BCUT2D eigenvalue weighted by Gasteiger charge is -2.09. The number of Topliss-reactive ketones (excluding diaryl/α,β-unsaturated/α-hetero) is 1. The quantitative estimate of drug-likeness (QED) is 0.752. The van der Waals surface area contributed by atoms with Crippen molar-refractivity contribution in [2.45, 2.75) is 19.4 Å². The maximum absolute atomic E-state index is 12.0. The van der Waals surface area contributed by atoms with Gasteiger partial charge in [0.2, 0.25) is 0 Å². The molecule has 16 heavy (non-hydrogen) atoms. The third-order valence-electron chi connectivity index (χ3n) is 3.12. The van der Waals surface area contributed by atoms with E-state index in [1.54, 1.807) is 12.1 Å². The number of carbonyl (C=O) groups excluding carboxylic acids is 1. The molecule has 1 aromatic carbocycles. The molecule has 1 fully saturated rings. The minimum Gasteiger partial charge on any atom is -0.392 e. The average molecular weight is 219 g/mol. The third-order valence-corrected chi connectivity index (χ3v) is 3.12. The summed E-state index contributed by atoms with van der Waals surface area (Å²) in [5.74, 6) is 0.609. The molecule has 1 aliphatic rings. The highest BCUT2D eigenvalue weighted by Crippen LogP contribution is 2.18. The number of nitrogens with one attached hydrogen (secondary N) is 1. The van der Waals surface area contributed by atoms with Crippen molar-refractivity contribution < 1.29 is 9.90 Å². The number of rotatable bonds is 4. The first-order valence-corrected chi connectivity index (χ1v) is 5.74. The maximum atomic E-state index is 12.0. The summed E-state index contributed by atoms with van der Waals surface area (Å²) in [4.78, 5) is 12.0. The summed E-state index contributed by atoms with van der Waals surface area (Å²) in [6, 6.07) is 7.30. The number of aliphatic hydroxyl groups excluding tert-OH is 1. The van der Waals surface area contributed by atoms with E-state index in [1.807, 2.05) is 12.1 Å². The lowest BCUT2D eigenvalue weighted by Crippen LogP contribution is -2.14. The van der Waals surface area contributed by atoms with Gasteiger partial charge >= 0.3 is 0 Å². The molecule has 0 spiro atoms. The van der Waals surface area contributed by atoms with E-state index in [2.05, 4.69) is 5.32 Å². The summed E-state index contributed by atoms with van der Waals surface area (Å²) < 4.78 is 0. The van der Waals surface area contributed by atoms with Gasteiger partial charge in [-0.2, -0.15) is 0 Å². The topological polar surface area (TPSA) is 49.3 Å². The lowest BCUT2D eigenvalue weighted by atomic mass is 9.95. The van der Waals surface area contributed by atoms with E-state index >= 15 is 0 Å². The molecule has 3 nitrogen and oxygen atoms in total. The van der Waals surface area contributed by atoms with Crippen LogP contribution in [0.2, 0.25) is 0 Å². The minimum absolute atomic E-state index is 0.0647. The van der Waals surface area contributed by atoms with Crippen LogP contribution in [0.4, 0.5) is 0 Å². The smallest absolute Gasteiger partial charge is 0.163 e. The molecule has 0 saturated carbocycles. The van der Waals surface area contributed by atoms with Gasteiger partial charge in [-0.1, -0.05) is 24.3 Å². The van der Waals surface area contributed by atoms with Crippen LogP contribution in [0, 0.1) is 5.92 Å². The first-order valence-electron chi connectivity index (χ1n) is 5.74. The summed E-state index contributed by atoms with van der Waals surface area (Å²) in [5.41, 5.74) is 1.41. The van der Waals surface area contributed by atoms with Crippen molar-refractivity contribution in [2.24, 2.45) is 5.92 Å². The fraction of sp³-hybridized carbons (Fsp3) is 0.462. The Hall–Kier alpha value is -1.19. The van der Waals surface area contributed by atoms with Crippen LogP contribution in [0.1, 0.15) is 28.8 Å². The van der Waals surface area contributed by atoms with E-state index < -0.39 is 0 Å². The average Bonchev–Trinajstić information content (AvgIpc) is 2.81. The van der Waals surface area contributed by atoms with Crippen LogP contribution in [0.3, 0.4) is 0 Å². The second-order valence-corrected chi connectivity index (χ2v) is 4.30. The van der Waals surface area contributed by atoms with Crippen molar-refractivity contribution in [3.63, 3.8) is 0 Å². The van der Waals surface area contributed by atoms with Gasteiger partial charge in [0.25, 0.3) is 0 Å². The van der Waals surface area contributed by atoms with Crippen molar-refractivity contribution in [1.29, 1.82) is 0 Å². The van der Waals surface area contributed by atoms with Crippen molar-refractivity contribution >= 4 is 5.78 Å². The van der Waals surface area contributed by atoms with Crippen LogP contribution in [0.25, 0.3) is 0 Å². The second kappa shape index (κ2) is 5.23. The summed E-state index contributed by atoms with van der Waals surface area (Å²) >= 11 is 0. The molecule has 0 aromatic heterocycles. The second-order valence-electron chi connectivity index (χ2n) is 4.30. The van der Waals surface area contributed by atoms with E-state index in [9.17, 15) is 4.79 Å². The molecule has 1 atom stereocenters. The Bertz CT molecular complexity index is 370. The van der Waals surface area contributed by atoms with Gasteiger partial charge in [0, 0.05) is 12.0 Å². The lowest BCUT2D eigenvalue weighted by molar-refractivity contribution is 0.0961. The Balaban J connectivity index is 2.07. The van der Waals surface area contributed by atoms with Gasteiger partial charge in [-0.3, -0.25) is 4.79 Å². The molecule has 1 heterocycles. The maximum Gasteiger partial charge on any atom is 0.163 e. The Morgan fingerprint density at radius 3 is 2.94 bits per heavy atom. The van der Waals surface area contributed by atoms with Gasteiger partial charge in [0.15, 0.2) is 5.78 Å². The largest absolute Gasteiger partial charge is 0.392 e. The Kier molecular flexibility index (Phi) is 3.70. The van der Waals surface area contributed by atoms with Gasteiger partial charge in [-0.25, -0.2) is 0 Å². The highest BCUT2D eigenvalue weighted by atomic mass is 16.3. The van der Waals surface area contributed by atoms with Crippen LogP contribution in [-0.2, 0) is 6.61 Å². The summed E-state index contributed by atoms with van der Waals surface area (Å²) in [6.07, 6.45) is 1.66. The molecule has 1 saturated heterocycles. The number of benzene rings is 1. The van der Waals surface area contributed by atoms with Gasteiger partial charge in [-0.15, -0.1) is 0 Å². The Labute approximate surface area is 95.5 Å². The van der Waals surface area contributed by atoms with Crippen LogP contribution < -0.4 is 5.32 Å². The molecule has 1 unspecified atom stereocenters. The number of carbonyl (C=O) groups is 1. The zero-order chi connectivity index (χ0) is 11.4. The van der Waals surface area contributed by atoms with Gasteiger partial charge < -0.3 is 10.4 Å². The van der Waals surface area contributed by atoms with Crippen molar-refractivity contribution in [1.82, 2.24) is 5.32 Å². The molecule has 0 amide bonds. The van der Waals surface area contributed by atoms with Crippen LogP contribution in [-0.4, -0.2) is 24.0 Å². The number of aliphatic hydroxyl groups is 1. The first kappa shape index (κ1) is 11.3. The van der Waals surface area contributed by atoms with Gasteiger partial charge in [-0.05, 0) is 31.0 Å². The molecule has 0 radical (unpaired) electrons. The highest BCUT2D eigenvalue weighted by molar-refractivity contribution is 5.97. The molecule has 0 aliphatic carbocycles. The SMILES string of the molecule is O=C(CC1CCNC1)c1ccccc1CO. The normalized spacial score (nSPS) is 19.9. The van der Waals surface area contributed by atoms with Gasteiger partial charge in [0.05, 0.1) is 6.61 Å². The van der Waals surface area contributed by atoms with E-state index in [0.717, 1.165) is 25.1 Å². The molecular weight excluding hydrogens is 202 g/mol. The predicted molar refractivity (Wildman–Crippen MR) is 62.3 cm³/mol. The molecule has 1 aromatic rings. The summed E-state index contributed by atoms with van der Waals surface area (Å²) in [7, 11) is 0. The molecule has 1 aliphatic heterocycles. The van der Waals surface area contributed by atoms with E-state index in [0.29, 0.717) is 17.9 Å². The zero-order valence-corrected chi connectivity index (χ0v) is 9.28. The highest BCUT2D eigenvalue weighted by Gasteiger charge is 2.20. The van der Waals surface area contributed by atoms with Crippen molar-refractivity contribution in [3.05, 3.63) is 35.4 Å². The van der Waals surface area contributed by atoms with Gasteiger partial charge in [0.1, 0.15) is 0 Å². The number of hydrogen-bond donors (Lipinski definition) is 2. The van der Waals surface area contributed by atoms with Crippen LogP contribution >= 0.6 is 0 Å². The molecule has 2 N–H and O–H groups in total. The monoisotopic (exact) mass is 219 g/mol. The fourth-order valence-electron chi connectivity index (χ4n) is 2.19. The molecular formula is C13H17NO2. The first-order chi connectivity index (χ1) is 7.81. The summed E-state index contributed by atoms with van der Waals surface area (Å²) in [5, 5.41) is 12.4. The summed E-state index contributed by atoms with van der Waals surface area (Å²) in [6.45, 7) is 1.89. The van der Waals surface area contributed by atoms with E-state index in [4.69, 9.17) is 5.11 Å². The Morgan fingerprint density at radius 1 is 1.44 bits per heavy atom. The predicted octanol–water partition coefficient (Wildman–Crippen LogP) is 1.36. The fourth-order valence-corrected chi connectivity index (χ4v) is 2.19. The van der Waals surface area contributed by atoms with E-state index in [1.165, 1.54) is 0 Å². The Morgan fingerprint density at radius 2 is 2.25 bits per heavy atom. The number of hydrogen-bond acceptors (Lipinski definition) is 3. The van der Waals surface area contributed by atoms with Crippen LogP contribution in [0.5, 0.6) is 0 Å². The molecule has 0 bridgehead atoms. The molecule has 86 valence electrons. The van der Waals surface area contributed by atoms with Crippen molar-refractivity contribution in [3.8, 4) is 0 Å². The zero-order valence-electron chi connectivity index (χ0n) is 9.28. The standard InChI is InChI=1S/C13H17NO2/c15-9-11-3-1-2-4-12(11)13(16)7-10-5-6-14-8-10/h1-4,10,14-15H,5-9H2. The molecule has 2 rings (SSSR count).